The minimum Gasteiger partial charge on any atom is -0.383 e. The maximum absolute atomic E-state index is 6.25. The molecule has 1 aromatic heterocycles. The fourth-order valence-corrected chi connectivity index (χ4v) is 2.47. The molecule has 1 aromatic carbocycles. The topological polar surface area (TPSA) is 39.1 Å². The normalized spacial score (nSPS) is 11.0. The number of ether oxygens (including phenoxy) is 1. The van der Waals surface area contributed by atoms with Crippen molar-refractivity contribution in [2.24, 2.45) is 7.05 Å². The summed E-state index contributed by atoms with van der Waals surface area (Å²) in [4.78, 5) is 0. The number of aromatic nitrogens is 2. The molecule has 2 aromatic rings. The second-order valence-electron chi connectivity index (χ2n) is 4.47. The molecular weight excluding hydrogens is 297 g/mol. The van der Waals surface area contributed by atoms with Gasteiger partial charge in [-0.1, -0.05) is 23.2 Å². The van der Waals surface area contributed by atoms with Gasteiger partial charge in [0.1, 0.15) is 0 Å². The molecule has 0 aliphatic rings. The number of nitrogens with one attached hydrogen (secondary N) is 1. The Labute approximate surface area is 128 Å². The van der Waals surface area contributed by atoms with Crippen molar-refractivity contribution in [1.82, 2.24) is 15.1 Å². The highest BCUT2D eigenvalue weighted by Gasteiger charge is 2.13. The van der Waals surface area contributed by atoms with E-state index >= 15 is 0 Å². The van der Waals surface area contributed by atoms with Crippen LogP contribution in [0.1, 0.15) is 5.56 Å². The van der Waals surface area contributed by atoms with Gasteiger partial charge < -0.3 is 10.1 Å². The minimum atomic E-state index is 0.606. The van der Waals surface area contributed by atoms with E-state index in [-0.39, 0.29) is 0 Å². The molecule has 0 radical (unpaired) electrons. The predicted octanol–water partition coefficient (Wildman–Crippen LogP) is 3.13. The van der Waals surface area contributed by atoms with E-state index in [1.165, 1.54) is 0 Å². The second-order valence-corrected chi connectivity index (χ2v) is 5.31. The highest BCUT2D eigenvalue weighted by Crippen LogP contribution is 2.31. The maximum atomic E-state index is 6.25. The molecule has 0 saturated heterocycles. The molecule has 1 heterocycles. The van der Waals surface area contributed by atoms with E-state index in [0.29, 0.717) is 23.2 Å². The van der Waals surface area contributed by atoms with Crippen LogP contribution in [0.2, 0.25) is 10.0 Å². The van der Waals surface area contributed by atoms with E-state index in [0.717, 1.165) is 23.4 Å². The van der Waals surface area contributed by atoms with Crippen LogP contribution in [0.15, 0.2) is 24.4 Å². The van der Waals surface area contributed by atoms with Gasteiger partial charge >= 0.3 is 0 Å². The zero-order chi connectivity index (χ0) is 14.5. The van der Waals surface area contributed by atoms with Crippen LogP contribution in [0.4, 0.5) is 0 Å². The molecule has 0 saturated carbocycles. The van der Waals surface area contributed by atoms with Crippen LogP contribution in [-0.4, -0.2) is 30.0 Å². The fourth-order valence-electron chi connectivity index (χ4n) is 1.97. The molecule has 0 bridgehead atoms. The molecule has 4 nitrogen and oxygen atoms in total. The Morgan fingerprint density at radius 2 is 2.15 bits per heavy atom. The molecule has 0 atom stereocenters. The summed E-state index contributed by atoms with van der Waals surface area (Å²) in [6.07, 6.45) is 1.99. The summed E-state index contributed by atoms with van der Waals surface area (Å²) in [7, 11) is 3.58. The number of methoxy groups -OCH3 is 1. The van der Waals surface area contributed by atoms with Gasteiger partial charge in [0.05, 0.1) is 17.3 Å². The average molecular weight is 314 g/mol. The first-order valence-corrected chi connectivity index (χ1v) is 7.05. The van der Waals surface area contributed by atoms with Crippen molar-refractivity contribution in [2.75, 3.05) is 20.3 Å². The first kappa shape index (κ1) is 15.3. The number of hydrogen-bond acceptors (Lipinski definition) is 3. The number of rotatable bonds is 6. The number of aryl methyl sites for hydroxylation is 1. The first-order chi connectivity index (χ1) is 9.61. The number of hydrogen-bond donors (Lipinski definition) is 1. The maximum Gasteiger partial charge on any atom is 0.0982 e. The second kappa shape index (κ2) is 7.09. The van der Waals surface area contributed by atoms with Crippen molar-refractivity contribution < 1.29 is 4.74 Å². The van der Waals surface area contributed by atoms with Crippen molar-refractivity contribution in [2.45, 2.75) is 6.54 Å². The molecule has 1 N–H and O–H groups in total. The summed E-state index contributed by atoms with van der Waals surface area (Å²) in [5.74, 6) is 0. The molecule has 0 amide bonds. The number of nitrogens with zero attached hydrogens (tertiary/aromatic N) is 2. The molecule has 0 aliphatic heterocycles. The lowest BCUT2D eigenvalue weighted by molar-refractivity contribution is 0.199. The Balaban J connectivity index is 2.22. The van der Waals surface area contributed by atoms with E-state index in [9.17, 15) is 0 Å². The Bertz CT molecular complexity index is 584. The first-order valence-electron chi connectivity index (χ1n) is 6.29. The third-order valence-electron chi connectivity index (χ3n) is 2.89. The van der Waals surface area contributed by atoms with Gasteiger partial charge in [-0.3, -0.25) is 4.68 Å². The van der Waals surface area contributed by atoms with E-state index in [2.05, 4.69) is 10.4 Å². The molecule has 0 fully saturated rings. The SMILES string of the molecule is COCCNCc1cn(C)nc1-c1ccc(Cl)cc1Cl. The van der Waals surface area contributed by atoms with Gasteiger partial charge in [0.15, 0.2) is 0 Å². The lowest BCUT2D eigenvalue weighted by atomic mass is 10.1. The van der Waals surface area contributed by atoms with E-state index < -0.39 is 0 Å². The molecule has 0 spiro atoms. The van der Waals surface area contributed by atoms with Crippen LogP contribution in [0.3, 0.4) is 0 Å². The highest BCUT2D eigenvalue weighted by atomic mass is 35.5. The summed E-state index contributed by atoms with van der Waals surface area (Å²) in [5.41, 5.74) is 2.85. The molecule has 0 aliphatic carbocycles. The zero-order valence-corrected chi connectivity index (χ0v) is 13.0. The van der Waals surface area contributed by atoms with Crippen LogP contribution in [0.25, 0.3) is 11.3 Å². The van der Waals surface area contributed by atoms with Gasteiger partial charge in [-0.15, -0.1) is 0 Å². The quantitative estimate of drug-likeness (QED) is 0.833. The highest BCUT2D eigenvalue weighted by molar-refractivity contribution is 6.36. The van der Waals surface area contributed by atoms with Gasteiger partial charge in [-0.25, -0.2) is 0 Å². The molecular formula is C14H17Cl2N3O. The Morgan fingerprint density at radius 1 is 1.35 bits per heavy atom. The van der Waals surface area contributed by atoms with Crippen LogP contribution in [-0.2, 0) is 18.3 Å². The molecule has 2 rings (SSSR count). The van der Waals surface area contributed by atoms with Gasteiger partial charge in [0.2, 0.25) is 0 Å². The molecule has 108 valence electrons. The standard InChI is InChI=1S/C14H17Cl2N3O/c1-19-9-10(8-17-5-6-20-2)14(18-19)12-4-3-11(15)7-13(12)16/h3-4,7,9,17H,5-6,8H2,1-2H3. The van der Waals surface area contributed by atoms with Gasteiger partial charge in [-0.05, 0) is 18.2 Å². The van der Waals surface area contributed by atoms with Crippen LogP contribution >= 0.6 is 23.2 Å². The van der Waals surface area contributed by atoms with Crippen molar-refractivity contribution >= 4 is 23.2 Å². The summed E-state index contributed by atoms with van der Waals surface area (Å²) in [6.45, 7) is 2.18. The number of halogens is 2. The average Bonchev–Trinajstić information content (AvgIpc) is 2.76. The van der Waals surface area contributed by atoms with Crippen LogP contribution < -0.4 is 5.32 Å². The predicted molar refractivity (Wildman–Crippen MR) is 82.2 cm³/mol. The summed E-state index contributed by atoms with van der Waals surface area (Å²) in [6, 6.07) is 5.44. The zero-order valence-electron chi connectivity index (χ0n) is 11.5. The molecule has 20 heavy (non-hydrogen) atoms. The minimum absolute atomic E-state index is 0.606. The largest absolute Gasteiger partial charge is 0.383 e. The van der Waals surface area contributed by atoms with Gasteiger partial charge in [0, 0.05) is 49.6 Å². The van der Waals surface area contributed by atoms with Crippen molar-refractivity contribution in [3.63, 3.8) is 0 Å². The molecule has 0 unspecified atom stereocenters. The van der Waals surface area contributed by atoms with Crippen molar-refractivity contribution in [1.29, 1.82) is 0 Å². The van der Waals surface area contributed by atoms with Crippen LogP contribution in [0.5, 0.6) is 0 Å². The van der Waals surface area contributed by atoms with E-state index in [1.807, 2.05) is 25.4 Å². The van der Waals surface area contributed by atoms with Gasteiger partial charge in [-0.2, -0.15) is 5.10 Å². The molecule has 6 heteroatoms. The fraction of sp³-hybridized carbons (Fsp3) is 0.357. The van der Waals surface area contributed by atoms with Gasteiger partial charge in [0.25, 0.3) is 0 Å². The van der Waals surface area contributed by atoms with E-state index in [1.54, 1.807) is 17.9 Å². The number of benzene rings is 1. The Morgan fingerprint density at radius 3 is 2.85 bits per heavy atom. The third kappa shape index (κ3) is 3.73. The Kier molecular flexibility index (Phi) is 5.43. The van der Waals surface area contributed by atoms with Crippen molar-refractivity contribution in [3.8, 4) is 11.3 Å². The Hall–Kier alpha value is -1.07. The lowest BCUT2D eigenvalue weighted by Gasteiger charge is -2.06. The van der Waals surface area contributed by atoms with E-state index in [4.69, 9.17) is 27.9 Å². The van der Waals surface area contributed by atoms with Crippen LogP contribution in [0, 0.1) is 0 Å². The lowest BCUT2D eigenvalue weighted by Crippen LogP contribution is -2.18. The summed E-state index contributed by atoms with van der Waals surface area (Å²) in [5, 5.41) is 9.02. The third-order valence-corrected chi connectivity index (χ3v) is 3.44. The summed E-state index contributed by atoms with van der Waals surface area (Å²) < 4.78 is 6.80. The monoisotopic (exact) mass is 313 g/mol. The summed E-state index contributed by atoms with van der Waals surface area (Å²) >= 11 is 12.2. The van der Waals surface area contributed by atoms with Crippen molar-refractivity contribution in [3.05, 3.63) is 40.0 Å². The smallest absolute Gasteiger partial charge is 0.0982 e.